The fraction of sp³-hybridized carbons (Fsp3) is 0.167. The zero-order valence-corrected chi connectivity index (χ0v) is 15.6. The number of hydrogen-bond acceptors (Lipinski definition) is 4. The number of benzene rings is 3. The van der Waals surface area contributed by atoms with E-state index in [0.29, 0.717) is 37.9 Å². The predicted molar refractivity (Wildman–Crippen MR) is 109 cm³/mol. The number of rotatable bonds is 2. The lowest BCUT2D eigenvalue weighted by molar-refractivity contribution is 0.648. The summed E-state index contributed by atoms with van der Waals surface area (Å²) >= 11 is 0. The Labute approximate surface area is 163 Å². The van der Waals surface area contributed by atoms with Gasteiger partial charge in [0, 0.05) is 10.4 Å². The topological polar surface area (TPSA) is 95.2 Å². The van der Waals surface area contributed by atoms with Crippen LogP contribution in [-0.2, 0) is 6.42 Å². The van der Waals surface area contributed by atoms with Gasteiger partial charge < -0.3 is 0 Å². The molecule has 0 radical (unpaired) electrons. The molecular formula is C24H16N4. The van der Waals surface area contributed by atoms with Crippen LogP contribution in [0.5, 0.6) is 0 Å². The molecule has 0 fully saturated rings. The summed E-state index contributed by atoms with van der Waals surface area (Å²) in [5.41, 5.74) is 1.11. The van der Waals surface area contributed by atoms with E-state index in [1.165, 1.54) is 0 Å². The minimum Gasteiger partial charge on any atom is -0.192 e. The maximum absolute atomic E-state index is 9.56. The van der Waals surface area contributed by atoms with Gasteiger partial charge in [-0.25, -0.2) is 0 Å². The molecule has 0 N–H and O–H groups in total. The number of hydrogen-bond donors (Lipinski definition) is 0. The third-order valence-electron chi connectivity index (χ3n) is 4.68. The molecule has 3 aromatic carbocycles. The lowest BCUT2D eigenvalue weighted by Gasteiger charge is -2.11. The fourth-order valence-electron chi connectivity index (χ4n) is 3.64. The summed E-state index contributed by atoms with van der Waals surface area (Å²) in [7, 11) is 0. The Kier molecular flexibility index (Phi) is 5.09. The highest BCUT2D eigenvalue weighted by Crippen LogP contribution is 2.19. The molecule has 28 heavy (non-hydrogen) atoms. The molecule has 0 bridgehead atoms. The molecule has 0 aliphatic rings. The van der Waals surface area contributed by atoms with E-state index in [-0.39, 0.29) is 11.1 Å². The van der Waals surface area contributed by atoms with Gasteiger partial charge >= 0.3 is 0 Å². The SMILES string of the molecule is CC(C)Cc1ccc2c(=C(C#N)C#N)c3ccccc3c(=C(C#N)C#N)c2c1. The summed E-state index contributed by atoms with van der Waals surface area (Å²) in [4.78, 5) is 0. The van der Waals surface area contributed by atoms with Crippen LogP contribution < -0.4 is 10.4 Å². The zero-order valence-electron chi connectivity index (χ0n) is 15.6. The van der Waals surface area contributed by atoms with Crippen molar-refractivity contribution in [2.75, 3.05) is 0 Å². The Morgan fingerprint density at radius 1 is 0.714 bits per heavy atom. The Morgan fingerprint density at radius 3 is 1.64 bits per heavy atom. The van der Waals surface area contributed by atoms with Gasteiger partial charge in [0.15, 0.2) is 0 Å². The van der Waals surface area contributed by atoms with Crippen molar-refractivity contribution in [3.63, 3.8) is 0 Å². The van der Waals surface area contributed by atoms with Crippen LogP contribution in [0.1, 0.15) is 19.4 Å². The average molecular weight is 360 g/mol. The van der Waals surface area contributed by atoms with E-state index in [4.69, 9.17) is 0 Å². The lowest BCUT2D eigenvalue weighted by atomic mass is 9.91. The summed E-state index contributed by atoms with van der Waals surface area (Å²) in [5.74, 6) is 0.441. The minimum atomic E-state index is 0.0137. The van der Waals surface area contributed by atoms with E-state index in [9.17, 15) is 21.0 Å². The Morgan fingerprint density at radius 2 is 1.18 bits per heavy atom. The van der Waals surface area contributed by atoms with Crippen LogP contribution in [0, 0.1) is 51.2 Å². The molecule has 0 saturated heterocycles. The molecular weight excluding hydrogens is 344 g/mol. The summed E-state index contributed by atoms with van der Waals surface area (Å²) < 4.78 is 0. The average Bonchev–Trinajstić information content (AvgIpc) is 2.70. The quantitative estimate of drug-likeness (QED) is 0.653. The van der Waals surface area contributed by atoms with Gasteiger partial charge in [0.1, 0.15) is 35.4 Å². The summed E-state index contributed by atoms with van der Waals surface area (Å²) in [6.07, 6.45) is 0.846. The van der Waals surface area contributed by atoms with Crippen molar-refractivity contribution in [2.45, 2.75) is 20.3 Å². The van der Waals surface area contributed by atoms with Gasteiger partial charge in [-0.15, -0.1) is 0 Å². The fourth-order valence-corrected chi connectivity index (χ4v) is 3.64. The molecule has 4 heteroatoms. The molecule has 0 amide bonds. The maximum Gasteiger partial charge on any atom is 0.138 e. The summed E-state index contributed by atoms with van der Waals surface area (Å²) in [6.45, 7) is 4.24. The van der Waals surface area contributed by atoms with E-state index in [0.717, 1.165) is 12.0 Å². The van der Waals surface area contributed by atoms with Crippen molar-refractivity contribution in [3.8, 4) is 24.3 Å². The molecule has 0 atom stereocenters. The van der Waals surface area contributed by atoms with Crippen LogP contribution in [0.15, 0.2) is 42.5 Å². The van der Waals surface area contributed by atoms with Crippen LogP contribution in [0.25, 0.3) is 32.7 Å². The van der Waals surface area contributed by atoms with Crippen molar-refractivity contribution in [1.82, 2.24) is 0 Å². The first kappa shape index (κ1) is 18.7. The highest BCUT2D eigenvalue weighted by Gasteiger charge is 2.13. The van der Waals surface area contributed by atoms with Gasteiger partial charge in [0.05, 0.1) is 0 Å². The Bertz CT molecular complexity index is 1370. The second-order valence-electron chi connectivity index (χ2n) is 6.97. The van der Waals surface area contributed by atoms with Crippen LogP contribution >= 0.6 is 0 Å². The van der Waals surface area contributed by atoms with Crippen LogP contribution in [0.3, 0.4) is 0 Å². The van der Waals surface area contributed by atoms with Crippen molar-refractivity contribution in [1.29, 1.82) is 21.0 Å². The van der Waals surface area contributed by atoms with Gasteiger partial charge in [0.2, 0.25) is 0 Å². The smallest absolute Gasteiger partial charge is 0.138 e. The molecule has 4 nitrogen and oxygen atoms in total. The molecule has 132 valence electrons. The van der Waals surface area contributed by atoms with E-state index < -0.39 is 0 Å². The summed E-state index contributed by atoms with van der Waals surface area (Å²) in [5, 5.41) is 42.1. The molecule has 0 aliphatic carbocycles. The van der Waals surface area contributed by atoms with E-state index in [1.54, 1.807) is 0 Å². The largest absolute Gasteiger partial charge is 0.192 e. The zero-order chi connectivity index (χ0) is 20.3. The normalized spacial score (nSPS) is 10.1. The molecule has 0 spiro atoms. The van der Waals surface area contributed by atoms with Crippen molar-refractivity contribution in [3.05, 3.63) is 58.5 Å². The van der Waals surface area contributed by atoms with Crippen molar-refractivity contribution < 1.29 is 0 Å². The molecule has 0 heterocycles. The number of nitriles is 4. The Hall–Kier alpha value is -4.12. The van der Waals surface area contributed by atoms with Crippen molar-refractivity contribution in [2.24, 2.45) is 5.92 Å². The first-order chi connectivity index (χ1) is 13.5. The molecule has 3 rings (SSSR count). The van der Waals surface area contributed by atoms with Crippen LogP contribution in [0.2, 0.25) is 0 Å². The molecule has 0 aromatic heterocycles. The minimum absolute atomic E-state index is 0.0137. The molecule has 0 unspecified atom stereocenters. The maximum atomic E-state index is 9.56. The van der Waals surface area contributed by atoms with Gasteiger partial charge in [-0.05, 0) is 39.4 Å². The Balaban J connectivity index is 2.79. The van der Waals surface area contributed by atoms with Gasteiger partial charge in [0.25, 0.3) is 0 Å². The molecule has 0 saturated carbocycles. The highest BCUT2D eigenvalue weighted by molar-refractivity contribution is 6.05. The van der Waals surface area contributed by atoms with E-state index >= 15 is 0 Å². The predicted octanol–water partition coefficient (Wildman–Crippen LogP) is 3.59. The summed E-state index contributed by atoms with van der Waals surface area (Å²) in [6, 6.07) is 21.1. The van der Waals surface area contributed by atoms with Crippen LogP contribution in [0.4, 0.5) is 0 Å². The van der Waals surface area contributed by atoms with E-state index in [2.05, 4.69) is 13.8 Å². The van der Waals surface area contributed by atoms with Crippen LogP contribution in [-0.4, -0.2) is 0 Å². The second kappa shape index (κ2) is 7.63. The highest BCUT2D eigenvalue weighted by atomic mass is 14.3. The first-order valence-corrected chi connectivity index (χ1v) is 8.88. The number of nitrogens with zero attached hydrogens (tertiary/aromatic N) is 4. The molecule has 0 aliphatic heterocycles. The van der Waals surface area contributed by atoms with Gasteiger partial charge in [-0.1, -0.05) is 56.3 Å². The third kappa shape index (κ3) is 3.05. The standard InChI is InChI=1S/C24H16N4/c1-15(2)9-16-7-8-21-22(10-16)24(18(13-27)14-28)20-6-4-3-5-19(20)23(21)17(11-25)12-26/h3-8,10,15H,9H2,1-2H3. The van der Waals surface area contributed by atoms with Gasteiger partial charge in [-0.3, -0.25) is 0 Å². The van der Waals surface area contributed by atoms with E-state index in [1.807, 2.05) is 66.7 Å². The first-order valence-electron chi connectivity index (χ1n) is 8.88. The lowest BCUT2D eigenvalue weighted by Crippen LogP contribution is -2.18. The third-order valence-corrected chi connectivity index (χ3v) is 4.68. The monoisotopic (exact) mass is 360 g/mol. The van der Waals surface area contributed by atoms with Crippen molar-refractivity contribution >= 4 is 32.7 Å². The second-order valence-corrected chi connectivity index (χ2v) is 6.97. The molecule has 3 aromatic rings. The number of fused-ring (bicyclic) bond motifs is 2. The van der Waals surface area contributed by atoms with Gasteiger partial charge in [-0.2, -0.15) is 21.0 Å².